The summed E-state index contributed by atoms with van der Waals surface area (Å²) in [6, 6.07) is 13.1. The normalized spacial score (nSPS) is 16.8. The minimum Gasteiger partial charge on any atom is -0.355 e. The van der Waals surface area contributed by atoms with Gasteiger partial charge in [0.25, 0.3) is 11.8 Å². The summed E-state index contributed by atoms with van der Waals surface area (Å²) in [7, 11) is 1.59. The monoisotopic (exact) mass is 365 g/mol. The lowest BCUT2D eigenvalue weighted by atomic mass is 10.1. The van der Waals surface area contributed by atoms with E-state index in [0.717, 1.165) is 22.4 Å². The first-order valence-corrected chi connectivity index (χ1v) is 8.97. The largest absolute Gasteiger partial charge is 0.355 e. The van der Waals surface area contributed by atoms with E-state index in [-0.39, 0.29) is 11.8 Å². The summed E-state index contributed by atoms with van der Waals surface area (Å²) < 4.78 is 0. The summed E-state index contributed by atoms with van der Waals surface area (Å²) >= 11 is 1.31. The van der Waals surface area contributed by atoms with E-state index in [2.05, 4.69) is 15.6 Å². The second-order valence-electron chi connectivity index (χ2n) is 5.97. The second kappa shape index (κ2) is 7.58. The smallest absolute Gasteiger partial charge is 0.264 e. The van der Waals surface area contributed by atoms with Crippen LogP contribution in [0, 0.1) is 13.8 Å². The molecule has 1 heterocycles. The van der Waals surface area contributed by atoms with Crippen LogP contribution in [-0.2, 0) is 4.79 Å². The molecule has 0 radical (unpaired) electrons. The molecule has 0 bridgehead atoms. The van der Waals surface area contributed by atoms with Crippen molar-refractivity contribution in [3.05, 3.63) is 69.6 Å². The number of amidine groups is 1. The van der Waals surface area contributed by atoms with Gasteiger partial charge in [-0.2, -0.15) is 0 Å². The number of aryl methyl sites for hydroxylation is 2. The van der Waals surface area contributed by atoms with Crippen LogP contribution in [-0.4, -0.2) is 24.0 Å². The van der Waals surface area contributed by atoms with Crippen molar-refractivity contribution in [2.45, 2.75) is 13.8 Å². The molecule has 6 heteroatoms. The van der Waals surface area contributed by atoms with Gasteiger partial charge in [0.15, 0.2) is 5.17 Å². The first-order chi connectivity index (χ1) is 12.5. The van der Waals surface area contributed by atoms with E-state index in [1.54, 1.807) is 25.3 Å². The Kier molecular flexibility index (Phi) is 5.23. The molecule has 0 saturated carbocycles. The molecule has 132 valence electrons. The Hall–Kier alpha value is -2.86. The fourth-order valence-corrected chi connectivity index (χ4v) is 3.29. The molecule has 2 aromatic rings. The van der Waals surface area contributed by atoms with Crippen molar-refractivity contribution in [2.24, 2.45) is 4.99 Å². The number of hydrogen-bond donors (Lipinski definition) is 2. The number of amides is 2. The molecule has 0 unspecified atom stereocenters. The molecule has 2 aromatic carbocycles. The van der Waals surface area contributed by atoms with Crippen LogP contribution in [0.15, 0.2) is 52.4 Å². The maximum Gasteiger partial charge on any atom is 0.264 e. The van der Waals surface area contributed by atoms with Crippen molar-refractivity contribution in [3.63, 3.8) is 0 Å². The van der Waals surface area contributed by atoms with Crippen molar-refractivity contribution < 1.29 is 9.59 Å². The minimum atomic E-state index is -0.172. The first kappa shape index (κ1) is 17.9. The summed E-state index contributed by atoms with van der Waals surface area (Å²) in [4.78, 5) is 28.9. The zero-order valence-electron chi connectivity index (χ0n) is 14.8. The number of rotatable bonds is 3. The number of thioether (sulfide) groups is 1. The lowest BCUT2D eigenvalue weighted by Crippen LogP contribution is -2.19. The molecule has 5 nitrogen and oxygen atoms in total. The van der Waals surface area contributed by atoms with Crippen molar-refractivity contribution in [1.29, 1.82) is 0 Å². The summed E-state index contributed by atoms with van der Waals surface area (Å²) in [5, 5.41) is 5.95. The Balaban J connectivity index is 1.81. The number of nitrogens with zero attached hydrogens (tertiary/aromatic N) is 1. The van der Waals surface area contributed by atoms with Crippen molar-refractivity contribution in [2.75, 3.05) is 7.05 Å². The van der Waals surface area contributed by atoms with Gasteiger partial charge in [0.1, 0.15) is 0 Å². The van der Waals surface area contributed by atoms with E-state index < -0.39 is 0 Å². The third-order valence-corrected chi connectivity index (χ3v) is 4.85. The molecule has 2 N–H and O–H groups in total. The number of nitrogens with one attached hydrogen (secondary N) is 2. The van der Waals surface area contributed by atoms with Gasteiger partial charge in [-0.3, -0.25) is 9.59 Å². The van der Waals surface area contributed by atoms with Crippen LogP contribution in [0.25, 0.3) is 6.08 Å². The topological polar surface area (TPSA) is 70.6 Å². The predicted octanol–water partition coefficient (Wildman–Crippen LogP) is 3.55. The third kappa shape index (κ3) is 4.03. The molecule has 0 aromatic heterocycles. The molecule has 0 atom stereocenters. The molecule has 2 amide bonds. The Morgan fingerprint density at radius 1 is 1.15 bits per heavy atom. The molecular formula is C20H19N3O2S. The van der Waals surface area contributed by atoms with Gasteiger partial charge in [0.05, 0.1) is 10.6 Å². The number of benzene rings is 2. The van der Waals surface area contributed by atoms with Crippen LogP contribution >= 0.6 is 11.8 Å². The zero-order chi connectivity index (χ0) is 18.7. The maximum atomic E-state index is 12.2. The SMILES string of the molecule is CNC(=O)c1ccc(/C=C2/SC(=Nc3cc(C)ccc3C)NC2=O)cc1. The Labute approximate surface area is 156 Å². The highest BCUT2D eigenvalue weighted by molar-refractivity contribution is 8.18. The zero-order valence-corrected chi connectivity index (χ0v) is 15.6. The molecule has 0 aliphatic carbocycles. The first-order valence-electron chi connectivity index (χ1n) is 8.15. The Morgan fingerprint density at radius 2 is 1.88 bits per heavy atom. The molecule has 1 saturated heterocycles. The van der Waals surface area contributed by atoms with Crippen LogP contribution < -0.4 is 10.6 Å². The van der Waals surface area contributed by atoms with Crippen LogP contribution in [0.5, 0.6) is 0 Å². The number of carbonyl (C=O) groups is 2. The molecule has 26 heavy (non-hydrogen) atoms. The lowest BCUT2D eigenvalue weighted by Gasteiger charge is -2.02. The fourth-order valence-electron chi connectivity index (χ4n) is 2.46. The van der Waals surface area contributed by atoms with Gasteiger partial charge >= 0.3 is 0 Å². The van der Waals surface area contributed by atoms with E-state index in [1.165, 1.54) is 11.8 Å². The molecule has 0 spiro atoms. The third-order valence-electron chi connectivity index (χ3n) is 3.94. The van der Waals surface area contributed by atoms with E-state index in [0.29, 0.717) is 15.6 Å². The van der Waals surface area contributed by atoms with Crippen LogP contribution in [0.1, 0.15) is 27.0 Å². The standard InChI is InChI=1S/C20H19N3O2S/c1-12-4-5-13(2)16(10-12)22-20-23-19(25)17(26-20)11-14-6-8-15(9-7-14)18(24)21-3/h4-11H,1-3H3,(H,21,24)(H,22,23,25)/b17-11+. The Bertz CT molecular complexity index is 931. The highest BCUT2D eigenvalue weighted by atomic mass is 32.2. The average molecular weight is 365 g/mol. The number of hydrogen-bond acceptors (Lipinski definition) is 4. The van der Waals surface area contributed by atoms with E-state index in [9.17, 15) is 9.59 Å². The second-order valence-corrected chi connectivity index (χ2v) is 7.00. The highest BCUT2D eigenvalue weighted by Gasteiger charge is 2.24. The lowest BCUT2D eigenvalue weighted by molar-refractivity contribution is -0.115. The quantitative estimate of drug-likeness (QED) is 0.817. The van der Waals surface area contributed by atoms with Gasteiger partial charge in [-0.25, -0.2) is 4.99 Å². The summed E-state index contributed by atoms with van der Waals surface area (Å²) in [6.45, 7) is 4.00. The number of carbonyl (C=O) groups excluding carboxylic acids is 2. The van der Waals surface area contributed by atoms with Crippen LogP contribution in [0.2, 0.25) is 0 Å². The van der Waals surface area contributed by atoms with Crippen molar-refractivity contribution in [1.82, 2.24) is 10.6 Å². The van der Waals surface area contributed by atoms with Gasteiger partial charge in [0.2, 0.25) is 0 Å². The summed E-state index contributed by atoms with van der Waals surface area (Å²) in [5.74, 6) is -0.311. The van der Waals surface area contributed by atoms with E-state index in [4.69, 9.17) is 0 Å². The highest BCUT2D eigenvalue weighted by Crippen LogP contribution is 2.29. The van der Waals surface area contributed by atoms with Crippen molar-refractivity contribution >= 4 is 40.5 Å². The molecule has 1 aliphatic heterocycles. The molecular weight excluding hydrogens is 346 g/mol. The fraction of sp³-hybridized carbons (Fsp3) is 0.150. The molecule has 1 aliphatic rings. The van der Waals surface area contributed by atoms with Gasteiger partial charge in [-0.15, -0.1) is 0 Å². The maximum absolute atomic E-state index is 12.2. The molecule has 3 rings (SSSR count). The van der Waals surface area contributed by atoms with Gasteiger partial charge < -0.3 is 10.6 Å². The van der Waals surface area contributed by atoms with Gasteiger partial charge in [-0.1, -0.05) is 24.3 Å². The number of aliphatic imine (C=N–C) groups is 1. The van der Waals surface area contributed by atoms with Crippen LogP contribution in [0.4, 0.5) is 5.69 Å². The molecule has 1 fully saturated rings. The average Bonchev–Trinajstić information content (AvgIpc) is 2.97. The van der Waals surface area contributed by atoms with E-state index in [1.807, 2.05) is 44.2 Å². The van der Waals surface area contributed by atoms with E-state index >= 15 is 0 Å². The summed E-state index contributed by atoms with van der Waals surface area (Å²) in [6.07, 6.45) is 1.79. The Morgan fingerprint density at radius 3 is 2.58 bits per heavy atom. The van der Waals surface area contributed by atoms with Crippen LogP contribution in [0.3, 0.4) is 0 Å². The summed E-state index contributed by atoms with van der Waals surface area (Å²) in [5.41, 5.74) is 4.46. The van der Waals surface area contributed by atoms with Crippen molar-refractivity contribution in [3.8, 4) is 0 Å². The van der Waals surface area contributed by atoms with Gasteiger partial charge in [-0.05, 0) is 66.6 Å². The predicted molar refractivity (Wildman–Crippen MR) is 107 cm³/mol. The minimum absolute atomic E-state index is 0.139. The van der Waals surface area contributed by atoms with Gasteiger partial charge in [0, 0.05) is 12.6 Å².